The van der Waals surface area contributed by atoms with Gasteiger partial charge in [-0.25, -0.2) is 18.2 Å². The number of imidazole rings is 1. The van der Waals surface area contributed by atoms with E-state index in [9.17, 15) is 23.2 Å². The number of carbonyl (C=O) groups excluding carboxylic acids is 3. The van der Waals surface area contributed by atoms with Crippen LogP contribution in [-0.2, 0) is 32.1 Å². The van der Waals surface area contributed by atoms with Crippen molar-refractivity contribution in [1.82, 2.24) is 24.3 Å². The molecule has 0 spiro atoms. The molecule has 1 N–H and O–H groups in total. The number of carbonyl (C=O) groups is 3. The summed E-state index contributed by atoms with van der Waals surface area (Å²) in [5, 5.41) is 0.707. The molecule has 1 aliphatic carbocycles. The largest absolute Gasteiger partial charge is 0.460 e. The number of halogens is 3. The Balaban J connectivity index is 1.28. The van der Waals surface area contributed by atoms with Gasteiger partial charge in [-0.05, 0) is 94.2 Å². The number of nitrogens with zero attached hydrogens (tertiary/aromatic N) is 4. The second kappa shape index (κ2) is 14.1. The SMILES string of the molecule is CC[C@H](CC(=O)OC(C)(C)C)C(=O)N1C[C@@H](F)C[C@H]1Cc1c(-c2nc3cc(F)ccc3n2C[C@@H]2[C@H]3C[C@H]3CN2C(=O)[C@@H](C)CC)[nH]c2cc(F)ccc12. The highest BCUT2D eigenvalue weighted by Crippen LogP contribution is 2.51. The maximum absolute atomic E-state index is 15.3. The lowest BCUT2D eigenvalue weighted by molar-refractivity contribution is -0.158. The minimum atomic E-state index is -1.26. The lowest BCUT2D eigenvalue weighted by atomic mass is 9.97. The lowest BCUT2D eigenvalue weighted by Gasteiger charge is -2.31. The quantitative estimate of drug-likeness (QED) is 0.160. The third kappa shape index (κ3) is 7.30. The number of aromatic amines is 1. The molecule has 0 radical (unpaired) electrons. The average Bonchev–Trinajstić information content (AvgIpc) is 3.32. The number of hydrogen-bond acceptors (Lipinski definition) is 5. The Bertz CT molecular complexity index is 2050. The van der Waals surface area contributed by atoms with E-state index in [1.165, 1.54) is 24.3 Å². The molecular formula is C41H50F3N5O4. The molecule has 284 valence electrons. The first-order chi connectivity index (χ1) is 25.1. The molecule has 1 saturated carbocycles. The number of fused-ring (bicyclic) bond motifs is 3. The molecular weight excluding hydrogens is 683 g/mol. The number of hydrogen-bond donors (Lipinski definition) is 1. The van der Waals surface area contributed by atoms with Crippen molar-refractivity contribution >= 4 is 39.7 Å². The van der Waals surface area contributed by atoms with Crippen LogP contribution in [0, 0.1) is 35.3 Å². The Kier molecular flexibility index (Phi) is 9.86. The van der Waals surface area contributed by atoms with Crippen molar-refractivity contribution in [2.24, 2.45) is 23.7 Å². The molecule has 4 heterocycles. The molecule has 3 aliphatic rings. The molecule has 2 aromatic carbocycles. The van der Waals surface area contributed by atoms with E-state index in [2.05, 4.69) is 4.98 Å². The third-order valence-electron chi connectivity index (χ3n) is 11.6. The molecule has 2 aromatic heterocycles. The molecule has 4 aromatic rings. The normalized spacial score (nSPS) is 23.8. The van der Waals surface area contributed by atoms with Crippen molar-refractivity contribution in [3.8, 4) is 11.5 Å². The number of rotatable bonds is 11. The molecule has 53 heavy (non-hydrogen) atoms. The van der Waals surface area contributed by atoms with Gasteiger partial charge in [0.05, 0.1) is 35.7 Å². The fourth-order valence-corrected chi connectivity index (χ4v) is 8.60. The van der Waals surface area contributed by atoms with E-state index < -0.39 is 41.3 Å². The smallest absolute Gasteiger partial charge is 0.307 e. The number of ether oxygens (including phenoxy) is 1. The van der Waals surface area contributed by atoms with Gasteiger partial charge >= 0.3 is 5.97 Å². The van der Waals surface area contributed by atoms with Crippen molar-refractivity contribution in [2.45, 2.75) is 110 Å². The number of esters is 1. The van der Waals surface area contributed by atoms with Crippen molar-refractivity contribution in [3.05, 3.63) is 53.6 Å². The van der Waals surface area contributed by atoms with E-state index >= 15 is 4.39 Å². The van der Waals surface area contributed by atoms with Gasteiger partial charge in [-0.15, -0.1) is 0 Å². The maximum Gasteiger partial charge on any atom is 0.307 e. The van der Waals surface area contributed by atoms with Crippen molar-refractivity contribution in [2.75, 3.05) is 13.1 Å². The van der Waals surface area contributed by atoms with E-state index in [1.807, 2.05) is 30.2 Å². The summed E-state index contributed by atoms with van der Waals surface area (Å²) < 4.78 is 52.2. The summed E-state index contributed by atoms with van der Waals surface area (Å²) in [5.41, 5.74) is 2.26. The molecule has 2 amide bonds. The molecule has 7 rings (SSSR count). The fraction of sp³-hybridized carbons (Fsp3) is 0.561. The second-order valence-corrected chi connectivity index (χ2v) is 16.5. The van der Waals surface area contributed by atoms with Crippen LogP contribution in [0.3, 0.4) is 0 Å². The van der Waals surface area contributed by atoms with Crippen LogP contribution in [0.5, 0.6) is 0 Å². The fourth-order valence-electron chi connectivity index (χ4n) is 8.60. The van der Waals surface area contributed by atoms with Crippen LogP contribution in [0.4, 0.5) is 13.2 Å². The van der Waals surface area contributed by atoms with Gasteiger partial charge in [0.15, 0.2) is 5.82 Å². The number of aromatic nitrogens is 3. The first kappa shape index (κ1) is 37.0. The van der Waals surface area contributed by atoms with Gasteiger partial charge in [-0.1, -0.05) is 20.8 Å². The number of amides is 2. The Hall–Kier alpha value is -4.35. The number of alkyl halides is 1. The van der Waals surface area contributed by atoms with Gasteiger partial charge in [0.25, 0.3) is 0 Å². The standard InChI is InChI=1S/C41H50F3N5O4/c1-7-22(3)39(51)49-19-24-13-30(24)35(49)21-48-34-12-10-26(43)17-33(34)46-38(48)37-31(29-11-9-25(42)16-32(29)45-37)18-28-15-27(44)20-47(28)40(52)23(8-2)14-36(50)53-41(4,5)6/h9-12,16-17,22-24,27-28,30,35,45H,7-8,13-15,18-21H2,1-6H3/t22-,23+,24-,27-,28-,30-,35+/m0/s1. The minimum Gasteiger partial charge on any atom is -0.460 e. The maximum atomic E-state index is 15.3. The van der Waals surface area contributed by atoms with Crippen molar-refractivity contribution < 1.29 is 32.3 Å². The molecule has 2 aliphatic heterocycles. The van der Waals surface area contributed by atoms with E-state index in [1.54, 1.807) is 37.8 Å². The Morgan fingerprint density at radius 1 is 0.981 bits per heavy atom. The monoisotopic (exact) mass is 733 g/mol. The predicted molar refractivity (Wildman–Crippen MR) is 196 cm³/mol. The zero-order valence-corrected chi connectivity index (χ0v) is 31.4. The minimum absolute atomic E-state index is 0.0702. The first-order valence-corrected chi connectivity index (χ1v) is 19.1. The highest BCUT2D eigenvalue weighted by molar-refractivity contribution is 5.92. The third-order valence-corrected chi connectivity index (χ3v) is 11.6. The average molecular weight is 734 g/mol. The van der Waals surface area contributed by atoms with Crippen LogP contribution in [0.1, 0.15) is 79.2 Å². The highest BCUT2D eigenvalue weighted by Gasteiger charge is 2.54. The first-order valence-electron chi connectivity index (χ1n) is 19.1. The zero-order chi connectivity index (χ0) is 37.9. The van der Waals surface area contributed by atoms with Crippen LogP contribution in [0.15, 0.2) is 36.4 Å². The number of benzene rings is 2. The van der Waals surface area contributed by atoms with Gasteiger partial charge in [0, 0.05) is 54.4 Å². The summed E-state index contributed by atoms with van der Waals surface area (Å²) in [5.74, 6) is -0.988. The zero-order valence-electron chi connectivity index (χ0n) is 31.4. The number of nitrogens with one attached hydrogen (secondary N) is 1. The number of H-pyrrole nitrogens is 1. The van der Waals surface area contributed by atoms with Gasteiger partial charge in [-0.3, -0.25) is 14.4 Å². The molecule has 0 bridgehead atoms. The Labute approximate surface area is 308 Å². The van der Waals surface area contributed by atoms with Crippen LogP contribution in [0.2, 0.25) is 0 Å². The van der Waals surface area contributed by atoms with Gasteiger partial charge in [0.2, 0.25) is 11.8 Å². The Morgan fingerprint density at radius 3 is 2.43 bits per heavy atom. The predicted octanol–water partition coefficient (Wildman–Crippen LogP) is 7.60. The summed E-state index contributed by atoms with van der Waals surface area (Å²) in [6.45, 7) is 12.2. The summed E-state index contributed by atoms with van der Waals surface area (Å²) in [6, 6.07) is 8.31. The summed E-state index contributed by atoms with van der Waals surface area (Å²) in [4.78, 5) is 52.3. The van der Waals surface area contributed by atoms with E-state index in [0.717, 1.165) is 18.4 Å². The van der Waals surface area contributed by atoms with Gasteiger partial charge in [-0.2, -0.15) is 0 Å². The summed E-state index contributed by atoms with van der Waals surface area (Å²) >= 11 is 0. The molecule has 3 fully saturated rings. The molecule has 2 saturated heterocycles. The van der Waals surface area contributed by atoms with Crippen LogP contribution in [-0.4, -0.2) is 79.1 Å². The lowest BCUT2D eigenvalue weighted by Crippen LogP contribution is -2.43. The van der Waals surface area contributed by atoms with Gasteiger partial charge in [0.1, 0.15) is 23.4 Å². The topological polar surface area (TPSA) is 101 Å². The second-order valence-electron chi connectivity index (χ2n) is 16.5. The molecule has 9 nitrogen and oxygen atoms in total. The highest BCUT2D eigenvalue weighted by atomic mass is 19.1. The number of likely N-dealkylation sites (tertiary alicyclic amines) is 2. The molecule has 12 heteroatoms. The van der Waals surface area contributed by atoms with E-state index in [0.29, 0.717) is 64.8 Å². The summed E-state index contributed by atoms with van der Waals surface area (Å²) in [6.07, 6.45) is 1.14. The van der Waals surface area contributed by atoms with Crippen molar-refractivity contribution in [1.29, 1.82) is 0 Å². The van der Waals surface area contributed by atoms with E-state index in [-0.39, 0.29) is 49.6 Å². The Morgan fingerprint density at radius 2 is 1.72 bits per heavy atom. The molecule has 0 unspecified atom stereocenters. The van der Waals surface area contributed by atoms with E-state index in [4.69, 9.17) is 9.72 Å². The van der Waals surface area contributed by atoms with Gasteiger partial charge < -0.3 is 24.1 Å². The number of piperidine rings is 1. The van der Waals surface area contributed by atoms with Crippen molar-refractivity contribution in [3.63, 3.8) is 0 Å². The summed E-state index contributed by atoms with van der Waals surface area (Å²) in [7, 11) is 0. The van der Waals surface area contributed by atoms with Crippen LogP contribution >= 0.6 is 0 Å². The van der Waals surface area contributed by atoms with Crippen LogP contribution < -0.4 is 0 Å². The van der Waals surface area contributed by atoms with Crippen LogP contribution in [0.25, 0.3) is 33.5 Å². The molecule has 7 atom stereocenters.